The second kappa shape index (κ2) is 4.64. The summed E-state index contributed by atoms with van der Waals surface area (Å²) in [6.45, 7) is 0.236. The molecule has 0 bridgehead atoms. The van der Waals surface area contributed by atoms with Crippen molar-refractivity contribution < 1.29 is 17.9 Å². The summed E-state index contributed by atoms with van der Waals surface area (Å²) in [5.74, 6) is -0.430. The minimum atomic E-state index is -3.65. The van der Waals surface area contributed by atoms with Gasteiger partial charge in [0.2, 0.25) is 0 Å². The first-order valence-corrected chi connectivity index (χ1v) is 7.42. The molecule has 5 nitrogen and oxygen atoms in total. The molecule has 0 fully saturated rings. The maximum atomic E-state index is 12.2. The van der Waals surface area contributed by atoms with E-state index in [4.69, 9.17) is 4.74 Å². The van der Waals surface area contributed by atoms with Crippen LogP contribution in [-0.2, 0) is 21.4 Å². The smallest absolute Gasteiger partial charge is 0.338 e. The normalized spacial score (nSPS) is 13.7. The number of anilines is 1. The van der Waals surface area contributed by atoms with E-state index in [1.807, 2.05) is 0 Å². The number of rotatable bonds is 3. The predicted octanol–water partition coefficient (Wildman–Crippen LogP) is 2.16. The molecule has 20 heavy (non-hydrogen) atoms. The van der Waals surface area contributed by atoms with Gasteiger partial charge in [0.25, 0.3) is 10.0 Å². The van der Waals surface area contributed by atoms with Crippen molar-refractivity contribution in [1.82, 2.24) is 0 Å². The molecule has 0 unspecified atom stereocenters. The largest absolute Gasteiger partial charge is 0.457 e. The molecule has 3 rings (SSSR count). The number of hydrogen-bond donors (Lipinski definition) is 1. The number of esters is 1. The Hall–Kier alpha value is -2.34. The van der Waals surface area contributed by atoms with Crippen LogP contribution in [0.4, 0.5) is 5.69 Å². The monoisotopic (exact) mass is 289 g/mol. The lowest BCUT2D eigenvalue weighted by Gasteiger charge is -2.08. The summed E-state index contributed by atoms with van der Waals surface area (Å²) in [4.78, 5) is 11.6. The first-order chi connectivity index (χ1) is 9.56. The van der Waals surface area contributed by atoms with Crippen LogP contribution >= 0.6 is 0 Å². The molecular formula is C14H11NO4S. The first kappa shape index (κ1) is 12.7. The van der Waals surface area contributed by atoms with E-state index in [2.05, 4.69) is 4.72 Å². The highest BCUT2D eigenvalue weighted by Gasteiger charge is 2.22. The van der Waals surface area contributed by atoms with E-state index in [0.717, 1.165) is 5.56 Å². The average Bonchev–Trinajstić information content (AvgIpc) is 2.81. The van der Waals surface area contributed by atoms with Gasteiger partial charge < -0.3 is 4.74 Å². The van der Waals surface area contributed by atoms with Crippen LogP contribution in [0.1, 0.15) is 15.9 Å². The Morgan fingerprint density at radius 2 is 1.80 bits per heavy atom. The summed E-state index contributed by atoms with van der Waals surface area (Å²) in [5, 5.41) is 0. The summed E-state index contributed by atoms with van der Waals surface area (Å²) in [7, 11) is -3.65. The summed E-state index contributed by atoms with van der Waals surface area (Å²) >= 11 is 0. The zero-order chi connectivity index (χ0) is 14.2. The summed E-state index contributed by atoms with van der Waals surface area (Å²) in [6, 6.07) is 12.8. The van der Waals surface area contributed by atoms with E-state index in [9.17, 15) is 13.2 Å². The van der Waals surface area contributed by atoms with Crippen LogP contribution in [0.15, 0.2) is 53.4 Å². The van der Waals surface area contributed by atoms with E-state index in [-0.39, 0.29) is 11.5 Å². The molecule has 1 heterocycles. The van der Waals surface area contributed by atoms with Gasteiger partial charge in [-0.1, -0.05) is 24.3 Å². The molecule has 0 saturated heterocycles. The fourth-order valence-corrected chi connectivity index (χ4v) is 3.06. The number of carbonyl (C=O) groups excluding carboxylic acids is 1. The number of carbonyl (C=O) groups is 1. The number of ether oxygens (including phenoxy) is 1. The van der Waals surface area contributed by atoms with Crippen molar-refractivity contribution in [3.8, 4) is 0 Å². The maximum absolute atomic E-state index is 12.2. The van der Waals surface area contributed by atoms with E-state index in [1.165, 1.54) is 18.2 Å². The SMILES string of the molecule is O=C1OCc2ccc(NS(=O)(=O)c3ccccc3)cc21. The average molecular weight is 289 g/mol. The lowest BCUT2D eigenvalue weighted by atomic mass is 10.1. The number of fused-ring (bicyclic) bond motifs is 1. The van der Waals surface area contributed by atoms with E-state index in [0.29, 0.717) is 11.3 Å². The van der Waals surface area contributed by atoms with Gasteiger partial charge in [-0.2, -0.15) is 0 Å². The van der Waals surface area contributed by atoms with Crippen molar-refractivity contribution >= 4 is 21.7 Å². The summed E-state index contributed by atoms with van der Waals surface area (Å²) in [5.41, 5.74) is 1.50. The summed E-state index contributed by atoms with van der Waals surface area (Å²) in [6.07, 6.45) is 0. The Bertz CT molecular complexity index is 769. The number of cyclic esters (lactones) is 1. The van der Waals surface area contributed by atoms with Gasteiger partial charge in [0.1, 0.15) is 6.61 Å². The van der Waals surface area contributed by atoms with Crippen molar-refractivity contribution in [3.05, 3.63) is 59.7 Å². The molecule has 0 spiro atoms. The molecule has 0 aliphatic carbocycles. The Balaban J connectivity index is 1.93. The Morgan fingerprint density at radius 3 is 2.55 bits per heavy atom. The number of sulfonamides is 1. The second-order valence-corrected chi connectivity index (χ2v) is 6.05. The van der Waals surface area contributed by atoms with Gasteiger partial charge in [-0.05, 0) is 24.3 Å². The topological polar surface area (TPSA) is 72.5 Å². The highest BCUT2D eigenvalue weighted by molar-refractivity contribution is 7.92. The van der Waals surface area contributed by atoms with Crippen LogP contribution in [0, 0.1) is 0 Å². The Labute approximate surface area is 116 Å². The third-order valence-corrected chi connectivity index (χ3v) is 4.39. The van der Waals surface area contributed by atoms with Crippen molar-refractivity contribution in [2.75, 3.05) is 4.72 Å². The molecule has 0 aromatic heterocycles. The Morgan fingerprint density at radius 1 is 1.05 bits per heavy atom. The van der Waals surface area contributed by atoms with Crippen LogP contribution in [-0.4, -0.2) is 14.4 Å². The second-order valence-electron chi connectivity index (χ2n) is 4.37. The van der Waals surface area contributed by atoms with Crippen LogP contribution < -0.4 is 4.72 Å². The number of benzene rings is 2. The third kappa shape index (κ3) is 2.25. The zero-order valence-corrected chi connectivity index (χ0v) is 11.2. The minimum Gasteiger partial charge on any atom is -0.457 e. The molecule has 1 aliphatic rings. The standard InChI is InChI=1S/C14H11NO4S/c16-14-13-8-11(7-6-10(13)9-19-14)15-20(17,18)12-4-2-1-3-5-12/h1-8,15H,9H2. The lowest BCUT2D eigenvalue weighted by molar-refractivity contribution is 0.0535. The molecule has 0 amide bonds. The molecule has 102 valence electrons. The highest BCUT2D eigenvalue weighted by atomic mass is 32.2. The Kier molecular flexibility index (Phi) is 2.94. The molecule has 6 heteroatoms. The van der Waals surface area contributed by atoms with Crippen LogP contribution in [0.3, 0.4) is 0 Å². The molecule has 0 saturated carbocycles. The van der Waals surface area contributed by atoms with E-state index >= 15 is 0 Å². The molecule has 0 atom stereocenters. The lowest BCUT2D eigenvalue weighted by Crippen LogP contribution is -2.13. The molecule has 1 aliphatic heterocycles. The van der Waals surface area contributed by atoms with Crippen LogP contribution in [0.25, 0.3) is 0 Å². The number of nitrogens with one attached hydrogen (secondary N) is 1. The van der Waals surface area contributed by atoms with Crippen molar-refractivity contribution in [1.29, 1.82) is 0 Å². The molecule has 0 radical (unpaired) electrons. The van der Waals surface area contributed by atoms with E-state index < -0.39 is 16.0 Å². The van der Waals surface area contributed by atoms with Gasteiger partial charge in [-0.25, -0.2) is 13.2 Å². The van der Waals surface area contributed by atoms with Crippen LogP contribution in [0.5, 0.6) is 0 Å². The zero-order valence-electron chi connectivity index (χ0n) is 10.4. The van der Waals surface area contributed by atoms with Gasteiger partial charge in [0, 0.05) is 11.3 Å². The molecular weight excluding hydrogens is 278 g/mol. The molecule has 2 aromatic rings. The van der Waals surface area contributed by atoms with Gasteiger partial charge in [-0.3, -0.25) is 4.72 Å². The van der Waals surface area contributed by atoms with Gasteiger partial charge >= 0.3 is 5.97 Å². The van der Waals surface area contributed by atoms with E-state index in [1.54, 1.807) is 30.3 Å². The maximum Gasteiger partial charge on any atom is 0.338 e. The summed E-state index contributed by atoms with van der Waals surface area (Å²) < 4.78 is 31.6. The molecule has 1 N–H and O–H groups in total. The van der Waals surface area contributed by atoms with Gasteiger partial charge in [0.15, 0.2) is 0 Å². The van der Waals surface area contributed by atoms with Gasteiger partial charge in [-0.15, -0.1) is 0 Å². The van der Waals surface area contributed by atoms with Gasteiger partial charge in [0.05, 0.1) is 10.5 Å². The third-order valence-electron chi connectivity index (χ3n) is 2.99. The fraction of sp³-hybridized carbons (Fsp3) is 0.0714. The molecule has 2 aromatic carbocycles. The predicted molar refractivity (Wildman–Crippen MR) is 72.8 cm³/mol. The first-order valence-electron chi connectivity index (χ1n) is 5.94. The fourth-order valence-electron chi connectivity index (χ4n) is 1.99. The number of hydrogen-bond acceptors (Lipinski definition) is 4. The van der Waals surface area contributed by atoms with Crippen molar-refractivity contribution in [3.63, 3.8) is 0 Å². The minimum absolute atomic E-state index is 0.170. The van der Waals surface area contributed by atoms with Crippen molar-refractivity contribution in [2.24, 2.45) is 0 Å². The quantitative estimate of drug-likeness (QED) is 0.879. The van der Waals surface area contributed by atoms with Crippen LogP contribution in [0.2, 0.25) is 0 Å². The highest BCUT2D eigenvalue weighted by Crippen LogP contribution is 2.24. The van der Waals surface area contributed by atoms with Crippen molar-refractivity contribution in [2.45, 2.75) is 11.5 Å².